The fourth-order valence-electron chi connectivity index (χ4n) is 1.17. The molecule has 0 radical (unpaired) electrons. The minimum atomic E-state index is 0.804. The van der Waals surface area contributed by atoms with Crippen molar-refractivity contribution in [2.24, 2.45) is 5.92 Å². The summed E-state index contributed by atoms with van der Waals surface area (Å²) < 4.78 is 0. The molecular weight excluding hydrogens is 134 g/mol. The quantitative estimate of drug-likeness (QED) is 0.596. The molecule has 1 rings (SSSR count). The third-order valence-corrected chi connectivity index (χ3v) is 2.43. The SMILES string of the molecule is CC.CC(C)[C@H](C)N1CCC1. The second kappa shape index (κ2) is 5.59. The molecule has 0 aromatic heterocycles. The van der Waals surface area contributed by atoms with Gasteiger partial charge in [-0.2, -0.15) is 0 Å². The predicted molar refractivity (Wildman–Crippen MR) is 51.8 cm³/mol. The molecule has 1 nitrogen and oxygen atoms in total. The van der Waals surface area contributed by atoms with Crippen LogP contribution in [-0.2, 0) is 0 Å². The lowest BCUT2D eigenvalue weighted by molar-refractivity contribution is 0.0992. The molecule has 11 heavy (non-hydrogen) atoms. The average molecular weight is 157 g/mol. The van der Waals surface area contributed by atoms with Gasteiger partial charge < -0.3 is 4.90 Å². The lowest BCUT2D eigenvalue weighted by Gasteiger charge is -2.38. The number of hydrogen-bond acceptors (Lipinski definition) is 1. The monoisotopic (exact) mass is 157 g/mol. The molecule has 1 fully saturated rings. The Morgan fingerprint density at radius 2 is 1.45 bits per heavy atom. The van der Waals surface area contributed by atoms with Gasteiger partial charge in [0.15, 0.2) is 0 Å². The Bertz CT molecular complexity index is 84.9. The molecule has 0 bridgehead atoms. The van der Waals surface area contributed by atoms with Crippen LogP contribution in [-0.4, -0.2) is 24.0 Å². The first-order valence-corrected chi connectivity index (χ1v) is 4.96. The summed E-state index contributed by atoms with van der Waals surface area (Å²) >= 11 is 0. The average Bonchev–Trinajstić information content (AvgIpc) is 1.88. The van der Waals surface area contributed by atoms with E-state index in [-0.39, 0.29) is 0 Å². The van der Waals surface area contributed by atoms with Crippen LogP contribution < -0.4 is 0 Å². The van der Waals surface area contributed by atoms with Gasteiger partial charge in [-0.05, 0) is 32.4 Å². The molecule has 1 aliphatic rings. The van der Waals surface area contributed by atoms with E-state index in [2.05, 4.69) is 25.7 Å². The fraction of sp³-hybridized carbons (Fsp3) is 1.00. The summed E-state index contributed by atoms with van der Waals surface area (Å²) in [6, 6.07) is 0.804. The van der Waals surface area contributed by atoms with Crippen LogP contribution in [0.1, 0.15) is 41.0 Å². The number of nitrogens with zero attached hydrogens (tertiary/aromatic N) is 1. The third kappa shape index (κ3) is 3.24. The summed E-state index contributed by atoms with van der Waals surface area (Å²) in [6.07, 6.45) is 1.41. The summed E-state index contributed by atoms with van der Waals surface area (Å²) in [5, 5.41) is 0. The zero-order chi connectivity index (χ0) is 8.85. The van der Waals surface area contributed by atoms with Crippen molar-refractivity contribution >= 4 is 0 Å². The fourth-order valence-corrected chi connectivity index (χ4v) is 1.17. The lowest BCUT2D eigenvalue weighted by atomic mass is 10.0. The van der Waals surface area contributed by atoms with Gasteiger partial charge in [0.25, 0.3) is 0 Å². The predicted octanol–water partition coefficient (Wildman–Crippen LogP) is 2.76. The Balaban J connectivity index is 0.000000461. The van der Waals surface area contributed by atoms with Crippen molar-refractivity contribution in [3.63, 3.8) is 0 Å². The molecule has 0 aromatic carbocycles. The molecule has 0 amide bonds. The Morgan fingerprint density at radius 1 is 1.00 bits per heavy atom. The largest absolute Gasteiger partial charge is 0.300 e. The maximum Gasteiger partial charge on any atom is 0.00899 e. The molecule has 1 heterocycles. The maximum absolute atomic E-state index is 2.55. The number of hydrogen-bond donors (Lipinski definition) is 0. The minimum absolute atomic E-state index is 0.804. The first kappa shape index (κ1) is 11.0. The van der Waals surface area contributed by atoms with E-state index in [9.17, 15) is 0 Å². The van der Waals surface area contributed by atoms with Crippen molar-refractivity contribution in [2.75, 3.05) is 13.1 Å². The molecule has 1 atom stereocenters. The highest BCUT2D eigenvalue weighted by Gasteiger charge is 2.21. The van der Waals surface area contributed by atoms with E-state index < -0.39 is 0 Å². The van der Waals surface area contributed by atoms with E-state index in [0.717, 1.165) is 12.0 Å². The summed E-state index contributed by atoms with van der Waals surface area (Å²) in [6.45, 7) is 13.6. The number of likely N-dealkylation sites (tertiary alicyclic amines) is 1. The van der Waals surface area contributed by atoms with Gasteiger partial charge in [-0.1, -0.05) is 27.7 Å². The van der Waals surface area contributed by atoms with E-state index in [1.54, 1.807) is 0 Å². The first-order chi connectivity index (χ1) is 5.22. The molecule has 1 aliphatic heterocycles. The molecule has 0 aliphatic carbocycles. The summed E-state index contributed by atoms with van der Waals surface area (Å²) in [5.41, 5.74) is 0. The maximum atomic E-state index is 2.55. The Hall–Kier alpha value is -0.0400. The Labute approximate surface area is 71.8 Å². The zero-order valence-corrected chi connectivity index (χ0v) is 8.72. The highest BCUT2D eigenvalue weighted by molar-refractivity contribution is 4.76. The molecule has 68 valence electrons. The standard InChI is InChI=1S/C8H17N.C2H6/c1-7(2)8(3)9-5-4-6-9;1-2/h7-8H,4-6H2,1-3H3;1-2H3/t8-;/m0./s1. The lowest BCUT2D eigenvalue weighted by Crippen LogP contribution is -2.45. The van der Waals surface area contributed by atoms with E-state index in [0.29, 0.717) is 0 Å². The molecule has 0 N–H and O–H groups in total. The van der Waals surface area contributed by atoms with Gasteiger partial charge in [0.05, 0.1) is 0 Å². The minimum Gasteiger partial charge on any atom is -0.300 e. The summed E-state index contributed by atoms with van der Waals surface area (Å²) in [5.74, 6) is 0.824. The Kier molecular flexibility index (Phi) is 5.57. The second-order valence-electron chi connectivity index (χ2n) is 3.37. The van der Waals surface area contributed by atoms with Crippen molar-refractivity contribution in [3.8, 4) is 0 Å². The molecule has 0 aromatic rings. The van der Waals surface area contributed by atoms with Crippen LogP contribution in [0, 0.1) is 5.92 Å². The van der Waals surface area contributed by atoms with Gasteiger partial charge in [0.1, 0.15) is 0 Å². The molecule has 1 heteroatoms. The highest BCUT2D eigenvalue weighted by Crippen LogP contribution is 2.16. The number of rotatable bonds is 2. The highest BCUT2D eigenvalue weighted by atomic mass is 15.2. The van der Waals surface area contributed by atoms with E-state index in [1.165, 1.54) is 19.5 Å². The van der Waals surface area contributed by atoms with Gasteiger partial charge in [0, 0.05) is 6.04 Å². The zero-order valence-electron chi connectivity index (χ0n) is 8.72. The van der Waals surface area contributed by atoms with Crippen LogP contribution in [0.25, 0.3) is 0 Å². The van der Waals surface area contributed by atoms with Crippen molar-refractivity contribution in [1.29, 1.82) is 0 Å². The van der Waals surface area contributed by atoms with Crippen LogP contribution in [0.5, 0.6) is 0 Å². The molecule has 1 saturated heterocycles. The van der Waals surface area contributed by atoms with Gasteiger partial charge >= 0.3 is 0 Å². The van der Waals surface area contributed by atoms with Crippen molar-refractivity contribution < 1.29 is 0 Å². The van der Waals surface area contributed by atoms with Gasteiger partial charge in [-0.15, -0.1) is 0 Å². The second-order valence-corrected chi connectivity index (χ2v) is 3.37. The Morgan fingerprint density at radius 3 is 1.55 bits per heavy atom. The molecule has 0 saturated carbocycles. The van der Waals surface area contributed by atoms with Crippen LogP contribution in [0.4, 0.5) is 0 Å². The van der Waals surface area contributed by atoms with Crippen molar-refractivity contribution in [1.82, 2.24) is 4.90 Å². The van der Waals surface area contributed by atoms with Crippen LogP contribution in [0.15, 0.2) is 0 Å². The van der Waals surface area contributed by atoms with Crippen LogP contribution >= 0.6 is 0 Å². The summed E-state index contributed by atoms with van der Waals surface area (Å²) in [4.78, 5) is 2.55. The van der Waals surface area contributed by atoms with E-state index >= 15 is 0 Å². The van der Waals surface area contributed by atoms with Crippen molar-refractivity contribution in [3.05, 3.63) is 0 Å². The van der Waals surface area contributed by atoms with Gasteiger partial charge in [-0.3, -0.25) is 0 Å². The van der Waals surface area contributed by atoms with Gasteiger partial charge in [0.2, 0.25) is 0 Å². The first-order valence-electron chi connectivity index (χ1n) is 4.96. The topological polar surface area (TPSA) is 3.24 Å². The van der Waals surface area contributed by atoms with E-state index in [1.807, 2.05) is 13.8 Å². The van der Waals surface area contributed by atoms with Gasteiger partial charge in [-0.25, -0.2) is 0 Å². The molecule has 0 spiro atoms. The van der Waals surface area contributed by atoms with Crippen LogP contribution in [0.2, 0.25) is 0 Å². The molecular formula is C10H23N. The van der Waals surface area contributed by atoms with E-state index in [4.69, 9.17) is 0 Å². The normalized spacial score (nSPS) is 20.2. The molecule has 0 unspecified atom stereocenters. The van der Waals surface area contributed by atoms with Crippen molar-refractivity contribution in [2.45, 2.75) is 47.1 Å². The summed E-state index contributed by atoms with van der Waals surface area (Å²) in [7, 11) is 0. The smallest absolute Gasteiger partial charge is 0.00899 e. The third-order valence-electron chi connectivity index (χ3n) is 2.43. The van der Waals surface area contributed by atoms with Crippen LogP contribution in [0.3, 0.4) is 0 Å².